The van der Waals surface area contributed by atoms with Crippen molar-refractivity contribution in [3.05, 3.63) is 39.9 Å². The number of hydrogen-bond donors (Lipinski definition) is 0. The highest BCUT2D eigenvalue weighted by molar-refractivity contribution is 7.91. The number of piperazine rings is 1. The first kappa shape index (κ1) is 19.1. The number of amides is 1. The van der Waals surface area contributed by atoms with Crippen LogP contribution < -0.4 is 0 Å². The largest absolute Gasteiger partial charge is 0.334 e. The fraction of sp³-hybridized carbons (Fsp3) is 0.500. The molecule has 4 heterocycles. The first-order valence-electron chi connectivity index (χ1n) is 9.14. The Morgan fingerprint density at radius 3 is 2.44 bits per heavy atom. The molecule has 2 aliphatic rings. The summed E-state index contributed by atoms with van der Waals surface area (Å²) in [6.45, 7) is 3.23. The summed E-state index contributed by atoms with van der Waals surface area (Å²) in [5, 5.41) is 3.84. The zero-order chi connectivity index (χ0) is 18.9. The number of nitrogens with zero attached hydrogens (tertiary/aromatic N) is 3. The van der Waals surface area contributed by atoms with Crippen molar-refractivity contribution in [2.24, 2.45) is 0 Å². The van der Waals surface area contributed by atoms with E-state index in [1.165, 1.54) is 20.5 Å². The number of likely N-dealkylation sites (tertiary alicyclic amines) is 1. The molecule has 2 saturated heterocycles. The summed E-state index contributed by atoms with van der Waals surface area (Å²) in [7, 11) is -3.39. The SMILES string of the molecule is O=C(CN1CCN(S(=O)(=O)c2cccs2)CC1)N1CCC[C@@H]1c1cccs1. The summed E-state index contributed by atoms with van der Waals surface area (Å²) in [6, 6.07) is 7.75. The molecule has 0 N–H and O–H groups in total. The van der Waals surface area contributed by atoms with E-state index in [1.54, 1.807) is 28.8 Å². The van der Waals surface area contributed by atoms with Gasteiger partial charge in [0.2, 0.25) is 5.91 Å². The Bertz CT molecular complexity index is 857. The molecule has 2 aliphatic heterocycles. The van der Waals surface area contributed by atoms with E-state index in [0.717, 1.165) is 19.4 Å². The fourth-order valence-corrected chi connectivity index (χ4v) is 7.23. The Balaban J connectivity index is 1.33. The van der Waals surface area contributed by atoms with Crippen molar-refractivity contribution < 1.29 is 13.2 Å². The number of sulfonamides is 1. The van der Waals surface area contributed by atoms with Gasteiger partial charge in [-0.3, -0.25) is 9.69 Å². The molecular weight excluding hydrogens is 402 g/mol. The number of carbonyl (C=O) groups is 1. The van der Waals surface area contributed by atoms with Crippen LogP contribution in [0.3, 0.4) is 0 Å². The van der Waals surface area contributed by atoms with Crippen LogP contribution in [0, 0.1) is 0 Å². The topological polar surface area (TPSA) is 60.9 Å². The maximum Gasteiger partial charge on any atom is 0.252 e. The van der Waals surface area contributed by atoms with Crippen LogP contribution in [0.2, 0.25) is 0 Å². The van der Waals surface area contributed by atoms with E-state index in [2.05, 4.69) is 16.3 Å². The van der Waals surface area contributed by atoms with Crippen LogP contribution in [0.1, 0.15) is 23.8 Å². The maximum absolute atomic E-state index is 12.8. The molecule has 2 aromatic rings. The molecule has 0 aromatic carbocycles. The normalized spacial score (nSPS) is 22.4. The summed E-state index contributed by atoms with van der Waals surface area (Å²) in [5.74, 6) is 0.153. The molecule has 0 unspecified atom stereocenters. The van der Waals surface area contributed by atoms with Crippen LogP contribution in [0.15, 0.2) is 39.2 Å². The van der Waals surface area contributed by atoms with E-state index < -0.39 is 10.0 Å². The van der Waals surface area contributed by atoms with Crippen LogP contribution in [0.4, 0.5) is 0 Å². The number of thiophene rings is 2. The van der Waals surface area contributed by atoms with Crippen molar-refractivity contribution in [2.75, 3.05) is 39.3 Å². The monoisotopic (exact) mass is 425 g/mol. The highest BCUT2D eigenvalue weighted by Crippen LogP contribution is 2.34. The highest BCUT2D eigenvalue weighted by Gasteiger charge is 2.33. The van der Waals surface area contributed by atoms with Crippen molar-refractivity contribution in [1.29, 1.82) is 0 Å². The summed E-state index contributed by atoms with van der Waals surface area (Å²) >= 11 is 2.96. The van der Waals surface area contributed by atoms with Gasteiger partial charge in [0.15, 0.2) is 0 Å². The smallest absolute Gasteiger partial charge is 0.252 e. The molecule has 146 valence electrons. The molecule has 2 aromatic heterocycles. The minimum Gasteiger partial charge on any atom is -0.334 e. The molecule has 4 rings (SSSR count). The Labute approximate surface area is 168 Å². The van der Waals surface area contributed by atoms with Gasteiger partial charge in [0.1, 0.15) is 4.21 Å². The Hall–Kier alpha value is -1.26. The summed E-state index contributed by atoms with van der Waals surface area (Å²) < 4.78 is 27.1. The lowest BCUT2D eigenvalue weighted by Gasteiger charge is -2.34. The van der Waals surface area contributed by atoms with E-state index >= 15 is 0 Å². The van der Waals surface area contributed by atoms with Crippen molar-refractivity contribution in [3.8, 4) is 0 Å². The lowest BCUT2D eigenvalue weighted by atomic mass is 10.2. The van der Waals surface area contributed by atoms with Crippen LogP contribution in [-0.4, -0.2) is 67.7 Å². The average Bonchev–Trinajstić information content (AvgIpc) is 3.44. The van der Waals surface area contributed by atoms with Crippen LogP contribution in [0.5, 0.6) is 0 Å². The van der Waals surface area contributed by atoms with Gasteiger partial charge >= 0.3 is 0 Å². The number of rotatable bonds is 5. The fourth-order valence-electron chi connectivity index (χ4n) is 3.79. The lowest BCUT2D eigenvalue weighted by molar-refractivity contribution is -0.133. The molecule has 0 spiro atoms. The molecule has 0 aliphatic carbocycles. The predicted octanol–water partition coefficient (Wildman–Crippen LogP) is 2.48. The number of hydrogen-bond acceptors (Lipinski definition) is 6. The van der Waals surface area contributed by atoms with Gasteiger partial charge in [-0.2, -0.15) is 4.31 Å². The van der Waals surface area contributed by atoms with Gasteiger partial charge in [0, 0.05) is 37.6 Å². The second kappa shape index (κ2) is 8.00. The van der Waals surface area contributed by atoms with Gasteiger partial charge in [0.05, 0.1) is 12.6 Å². The molecule has 27 heavy (non-hydrogen) atoms. The van der Waals surface area contributed by atoms with Gasteiger partial charge in [-0.15, -0.1) is 22.7 Å². The molecule has 2 fully saturated rings. The lowest BCUT2D eigenvalue weighted by Crippen LogP contribution is -2.51. The third-order valence-electron chi connectivity index (χ3n) is 5.22. The molecule has 1 atom stereocenters. The Kier molecular flexibility index (Phi) is 5.65. The second-order valence-corrected chi connectivity index (χ2v) is 11.0. The molecule has 6 nitrogen and oxygen atoms in total. The van der Waals surface area contributed by atoms with E-state index in [4.69, 9.17) is 0 Å². The van der Waals surface area contributed by atoms with Crippen LogP contribution in [-0.2, 0) is 14.8 Å². The maximum atomic E-state index is 12.8. The molecule has 0 saturated carbocycles. The zero-order valence-corrected chi connectivity index (χ0v) is 17.4. The number of carbonyl (C=O) groups excluding carboxylic acids is 1. The third kappa shape index (κ3) is 3.97. The quantitative estimate of drug-likeness (QED) is 0.738. The van der Waals surface area contributed by atoms with Crippen molar-refractivity contribution in [1.82, 2.24) is 14.1 Å². The Morgan fingerprint density at radius 1 is 1.04 bits per heavy atom. The average molecular weight is 426 g/mol. The van der Waals surface area contributed by atoms with Crippen LogP contribution in [0.25, 0.3) is 0 Å². The molecule has 1 amide bonds. The highest BCUT2D eigenvalue weighted by atomic mass is 32.2. The van der Waals surface area contributed by atoms with Gasteiger partial charge in [-0.1, -0.05) is 12.1 Å². The van der Waals surface area contributed by atoms with E-state index in [0.29, 0.717) is 36.9 Å². The van der Waals surface area contributed by atoms with Crippen molar-refractivity contribution in [2.45, 2.75) is 23.1 Å². The summed E-state index contributed by atoms with van der Waals surface area (Å²) in [4.78, 5) is 18.2. The van der Waals surface area contributed by atoms with E-state index in [-0.39, 0.29) is 11.9 Å². The van der Waals surface area contributed by atoms with Gasteiger partial charge in [-0.05, 0) is 35.7 Å². The minimum atomic E-state index is -3.39. The standard InChI is InChI=1S/C18H23N3O3S3/c22-17(21-7-1-4-15(21)16-5-2-12-25-16)14-19-8-10-20(11-9-19)27(23,24)18-6-3-13-26-18/h2-3,5-6,12-13,15H,1,4,7-11,14H2/t15-/m1/s1. The van der Waals surface area contributed by atoms with Gasteiger partial charge in [-0.25, -0.2) is 8.42 Å². The second-order valence-electron chi connectivity index (χ2n) is 6.87. The van der Waals surface area contributed by atoms with E-state index in [9.17, 15) is 13.2 Å². The van der Waals surface area contributed by atoms with E-state index in [1.807, 2.05) is 11.0 Å². The summed E-state index contributed by atoms with van der Waals surface area (Å²) in [6.07, 6.45) is 2.07. The summed E-state index contributed by atoms with van der Waals surface area (Å²) in [5.41, 5.74) is 0. The molecule has 0 radical (unpaired) electrons. The minimum absolute atomic E-state index is 0.153. The van der Waals surface area contributed by atoms with Crippen molar-refractivity contribution in [3.63, 3.8) is 0 Å². The zero-order valence-electron chi connectivity index (χ0n) is 15.0. The molecule has 9 heteroatoms. The molecule has 0 bridgehead atoms. The third-order valence-corrected chi connectivity index (χ3v) is 9.47. The first-order chi connectivity index (χ1) is 13.1. The van der Waals surface area contributed by atoms with Crippen LogP contribution >= 0.6 is 22.7 Å². The van der Waals surface area contributed by atoms with Gasteiger partial charge in [0.25, 0.3) is 10.0 Å². The first-order valence-corrected chi connectivity index (χ1v) is 12.3. The Morgan fingerprint density at radius 2 is 1.78 bits per heavy atom. The van der Waals surface area contributed by atoms with Gasteiger partial charge < -0.3 is 4.90 Å². The molecular formula is C18H23N3O3S3. The predicted molar refractivity (Wildman–Crippen MR) is 108 cm³/mol. The van der Waals surface area contributed by atoms with Crippen molar-refractivity contribution >= 4 is 38.6 Å².